The summed E-state index contributed by atoms with van der Waals surface area (Å²) >= 11 is 0. The first-order valence-corrected chi connectivity index (χ1v) is 6.41. The minimum Gasteiger partial charge on any atom is -0.367 e. The maximum Gasteiger partial charge on any atom is 0.166 e. The van der Waals surface area contributed by atoms with E-state index in [1.54, 1.807) is 0 Å². The number of allylic oxidation sites excluding steroid dienone is 1. The lowest BCUT2D eigenvalue weighted by Gasteiger charge is -2.11. The molecular formula is C14H20N4. The van der Waals surface area contributed by atoms with Crippen LogP contribution < -0.4 is 5.32 Å². The molecule has 96 valence electrons. The zero-order valence-electron chi connectivity index (χ0n) is 11.3. The number of nitrogens with zero attached hydrogens (tertiary/aromatic N) is 3. The topological polar surface area (TPSA) is 61.6 Å². The zero-order chi connectivity index (χ0) is 13.4. The van der Waals surface area contributed by atoms with E-state index in [4.69, 9.17) is 0 Å². The van der Waals surface area contributed by atoms with Gasteiger partial charge in [0.2, 0.25) is 0 Å². The summed E-state index contributed by atoms with van der Waals surface area (Å²) in [7, 11) is 0. The minimum atomic E-state index is 0.607. The Hall–Kier alpha value is -1.89. The van der Waals surface area contributed by atoms with Gasteiger partial charge in [-0.15, -0.1) is 5.10 Å². The lowest BCUT2D eigenvalue weighted by atomic mass is 10.0. The lowest BCUT2D eigenvalue weighted by Crippen LogP contribution is -2.10. The Bertz CT molecular complexity index is 458. The van der Waals surface area contributed by atoms with Crippen LogP contribution in [0.15, 0.2) is 12.2 Å². The highest BCUT2D eigenvalue weighted by Gasteiger charge is 2.13. The highest BCUT2D eigenvalue weighted by atomic mass is 15.2. The summed E-state index contributed by atoms with van der Waals surface area (Å²) in [6, 6.07) is 2.25. The normalized spacial score (nSPS) is 10.6. The van der Waals surface area contributed by atoms with Crippen molar-refractivity contribution in [2.45, 2.75) is 40.0 Å². The van der Waals surface area contributed by atoms with E-state index >= 15 is 0 Å². The van der Waals surface area contributed by atoms with Gasteiger partial charge in [0, 0.05) is 6.54 Å². The second-order valence-electron chi connectivity index (χ2n) is 3.95. The SMILES string of the molecule is C/C=C/CCNc1nnc(CC)c(CC)c1C#N. The Labute approximate surface area is 109 Å². The fourth-order valence-corrected chi connectivity index (χ4v) is 1.86. The number of anilines is 1. The number of rotatable bonds is 6. The molecule has 0 unspecified atom stereocenters. The molecule has 0 spiro atoms. The Balaban J connectivity index is 2.95. The molecule has 0 aliphatic rings. The zero-order valence-corrected chi connectivity index (χ0v) is 11.3. The van der Waals surface area contributed by atoms with Crippen LogP contribution in [0.25, 0.3) is 0 Å². The summed E-state index contributed by atoms with van der Waals surface area (Å²) in [6.45, 7) is 6.83. The number of nitriles is 1. The monoisotopic (exact) mass is 244 g/mol. The van der Waals surface area contributed by atoms with E-state index in [1.165, 1.54) is 0 Å². The maximum absolute atomic E-state index is 9.28. The molecule has 0 bridgehead atoms. The van der Waals surface area contributed by atoms with Crippen molar-refractivity contribution < 1.29 is 0 Å². The van der Waals surface area contributed by atoms with Gasteiger partial charge in [-0.1, -0.05) is 26.0 Å². The van der Waals surface area contributed by atoms with Crippen molar-refractivity contribution in [3.63, 3.8) is 0 Å². The van der Waals surface area contributed by atoms with Gasteiger partial charge in [-0.2, -0.15) is 10.4 Å². The average Bonchev–Trinajstić information content (AvgIpc) is 2.42. The van der Waals surface area contributed by atoms with Crippen molar-refractivity contribution in [1.29, 1.82) is 5.26 Å². The largest absolute Gasteiger partial charge is 0.367 e. The van der Waals surface area contributed by atoms with Crippen LogP contribution >= 0.6 is 0 Å². The summed E-state index contributed by atoms with van der Waals surface area (Å²) in [4.78, 5) is 0. The molecule has 0 radical (unpaired) electrons. The summed E-state index contributed by atoms with van der Waals surface area (Å²) in [5, 5.41) is 20.8. The quantitative estimate of drug-likeness (QED) is 0.617. The molecule has 0 saturated heterocycles. The smallest absolute Gasteiger partial charge is 0.166 e. The summed E-state index contributed by atoms with van der Waals surface area (Å²) in [5.41, 5.74) is 2.58. The van der Waals surface area contributed by atoms with Crippen molar-refractivity contribution in [3.05, 3.63) is 29.0 Å². The first-order valence-electron chi connectivity index (χ1n) is 6.41. The van der Waals surface area contributed by atoms with Gasteiger partial charge < -0.3 is 5.32 Å². The molecule has 1 rings (SSSR count). The van der Waals surface area contributed by atoms with Crippen LogP contribution in [0.1, 0.15) is 44.0 Å². The van der Waals surface area contributed by atoms with Crippen LogP contribution in [0.3, 0.4) is 0 Å². The summed E-state index contributed by atoms with van der Waals surface area (Å²) in [5.74, 6) is 0.607. The minimum absolute atomic E-state index is 0.607. The molecule has 0 aromatic carbocycles. The van der Waals surface area contributed by atoms with E-state index in [2.05, 4.69) is 27.7 Å². The first-order chi connectivity index (χ1) is 8.78. The van der Waals surface area contributed by atoms with Gasteiger partial charge in [-0.25, -0.2) is 0 Å². The van der Waals surface area contributed by atoms with E-state index in [0.717, 1.165) is 37.1 Å². The van der Waals surface area contributed by atoms with E-state index in [-0.39, 0.29) is 0 Å². The number of hydrogen-bond acceptors (Lipinski definition) is 4. The molecule has 0 amide bonds. The molecule has 18 heavy (non-hydrogen) atoms. The lowest BCUT2D eigenvalue weighted by molar-refractivity contribution is 0.868. The fraction of sp³-hybridized carbons (Fsp3) is 0.500. The van der Waals surface area contributed by atoms with Crippen LogP contribution in [-0.2, 0) is 12.8 Å². The van der Waals surface area contributed by atoms with Gasteiger partial charge in [0.05, 0.1) is 5.69 Å². The van der Waals surface area contributed by atoms with E-state index in [1.807, 2.05) is 26.8 Å². The van der Waals surface area contributed by atoms with Crippen LogP contribution in [0, 0.1) is 11.3 Å². The standard InChI is InChI=1S/C14H20N4/c1-4-7-8-9-16-14-12(10-15)11(5-2)13(6-3)17-18-14/h4,7H,5-6,8-9H2,1-3H3,(H,16,18)/b7-4+. The van der Waals surface area contributed by atoms with Crippen molar-refractivity contribution in [3.8, 4) is 6.07 Å². The molecule has 0 atom stereocenters. The third-order valence-corrected chi connectivity index (χ3v) is 2.80. The number of hydrogen-bond donors (Lipinski definition) is 1. The second-order valence-corrected chi connectivity index (χ2v) is 3.95. The van der Waals surface area contributed by atoms with E-state index in [0.29, 0.717) is 11.4 Å². The number of aromatic nitrogens is 2. The highest BCUT2D eigenvalue weighted by Crippen LogP contribution is 2.19. The molecule has 4 heteroatoms. The molecule has 0 saturated carbocycles. The summed E-state index contributed by atoms with van der Waals surface area (Å²) in [6.07, 6.45) is 6.62. The molecule has 0 aliphatic carbocycles. The fourth-order valence-electron chi connectivity index (χ4n) is 1.86. The van der Waals surface area contributed by atoms with Gasteiger partial charge in [-0.05, 0) is 31.7 Å². The van der Waals surface area contributed by atoms with Crippen LogP contribution in [-0.4, -0.2) is 16.7 Å². The van der Waals surface area contributed by atoms with Crippen LogP contribution in [0.2, 0.25) is 0 Å². The van der Waals surface area contributed by atoms with Crippen LogP contribution in [0.5, 0.6) is 0 Å². The average molecular weight is 244 g/mol. The van der Waals surface area contributed by atoms with Crippen molar-refractivity contribution in [1.82, 2.24) is 10.2 Å². The Morgan fingerprint density at radius 2 is 2.06 bits per heavy atom. The third kappa shape index (κ3) is 3.30. The Kier molecular flexibility index (Phi) is 5.86. The summed E-state index contributed by atoms with van der Waals surface area (Å²) < 4.78 is 0. The van der Waals surface area contributed by atoms with Gasteiger partial charge in [0.15, 0.2) is 5.82 Å². The predicted molar refractivity (Wildman–Crippen MR) is 73.4 cm³/mol. The van der Waals surface area contributed by atoms with Crippen molar-refractivity contribution in [2.24, 2.45) is 0 Å². The predicted octanol–water partition coefficient (Wildman–Crippen LogP) is 2.85. The molecule has 1 heterocycles. The molecule has 4 nitrogen and oxygen atoms in total. The molecule has 1 aromatic rings. The molecule has 1 aromatic heterocycles. The number of nitrogens with one attached hydrogen (secondary N) is 1. The molecule has 0 aliphatic heterocycles. The van der Waals surface area contributed by atoms with Gasteiger partial charge in [-0.3, -0.25) is 0 Å². The Morgan fingerprint density at radius 1 is 1.28 bits per heavy atom. The van der Waals surface area contributed by atoms with E-state index in [9.17, 15) is 5.26 Å². The number of aryl methyl sites for hydroxylation is 1. The van der Waals surface area contributed by atoms with Crippen LogP contribution in [0.4, 0.5) is 5.82 Å². The Morgan fingerprint density at radius 3 is 2.61 bits per heavy atom. The van der Waals surface area contributed by atoms with Crippen molar-refractivity contribution in [2.75, 3.05) is 11.9 Å². The first kappa shape index (κ1) is 14.2. The molecule has 0 fully saturated rings. The highest BCUT2D eigenvalue weighted by molar-refractivity contribution is 5.56. The molecular weight excluding hydrogens is 224 g/mol. The van der Waals surface area contributed by atoms with E-state index < -0.39 is 0 Å². The van der Waals surface area contributed by atoms with Gasteiger partial charge in [0.1, 0.15) is 11.6 Å². The van der Waals surface area contributed by atoms with Gasteiger partial charge in [0.25, 0.3) is 0 Å². The third-order valence-electron chi connectivity index (χ3n) is 2.80. The van der Waals surface area contributed by atoms with Gasteiger partial charge >= 0.3 is 0 Å². The second kappa shape index (κ2) is 7.44. The molecule has 1 N–H and O–H groups in total. The maximum atomic E-state index is 9.28. The van der Waals surface area contributed by atoms with Crippen molar-refractivity contribution >= 4 is 5.82 Å².